The summed E-state index contributed by atoms with van der Waals surface area (Å²) in [5.74, 6) is 0.465. The maximum Gasteiger partial charge on any atom is 0.264 e. The van der Waals surface area contributed by atoms with Crippen LogP contribution < -0.4 is 15.0 Å². The molecule has 0 fully saturated rings. The fourth-order valence-electron chi connectivity index (χ4n) is 3.87. The van der Waals surface area contributed by atoms with Gasteiger partial charge in [-0.3, -0.25) is 9.59 Å². The summed E-state index contributed by atoms with van der Waals surface area (Å²) in [6.45, 7) is 2.01. The second-order valence-corrected chi connectivity index (χ2v) is 9.38. The molecule has 0 spiro atoms. The zero-order chi connectivity index (χ0) is 24.1. The van der Waals surface area contributed by atoms with Gasteiger partial charge in [-0.15, -0.1) is 0 Å². The monoisotopic (exact) mass is 472 g/mol. The molecular formula is C28H28N2O3S. The van der Waals surface area contributed by atoms with Crippen molar-refractivity contribution >= 4 is 35.3 Å². The van der Waals surface area contributed by atoms with E-state index in [0.29, 0.717) is 16.2 Å². The Morgan fingerprint density at radius 3 is 2.59 bits per heavy atom. The molecule has 2 amide bonds. The minimum absolute atomic E-state index is 0.0351. The third kappa shape index (κ3) is 5.34. The van der Waals surface area contributed by atoms with Gasteiger partial charge in [-0.2, -0.15) is 0 Å². The number of nitrogens with zero attached hydrogens (tertiary/aromatic N) is 1. The molecule has 1 heterocycles. The number of fused-ring (bicyclic) bond motifs is 1. The second kappa shape index (κ2) is 10.6. The third-order valence-electron chi connectivity index (χ3n) is 5.83. The lowest BCUT2D eigenvalue weighted by molar-refractivity contribution is -0.114. The Kier molecular flexibility index (Phi) is 7.38. The predicted octanol–water partition coefficient (Wildman–Crippen LogP) is 5.56. The van der Waals surface area contributed by atoms with Crippen LogP contribution in [0.15, 0.2) is 82.6 Å². The van der Waals surface area contributed by atoms with Gasteiger partial charge in [0.2, 0.25) is 0 Å². The standard InChI is InChI=1S/C28H28N2O3S/c1-19(13-14-20-9-5-4-6-10-20)29-27(31)22-15-16-25-23(17-22)30(2)28(32)26(34-25)18-21-11-7-8-12-24(21)33-3/h4-12,15-19H,13-14H2,1-3H3,(H,29,31)/b26-18+. The van der Waals surface area contributed by atoms with Crippen LogP contribution in [0.5, 0.6) is 5.75 Å². The minimum atomic E-state index is -0.135. The van der Waals surface area contributed by atoms with Crippen LogP contribution in [-0.4, -0.2) is 32.0 Å². The smallest absolute Gasteiger partial charge is 0.264 e. The molecule has 4 rings (SSSR count). The highest BCUT2D eigenvalue weighted by Gasteiger charge is 2.27. The van der Waals surface area contributed by atoms with Crippen molar-refractivity contribution in [1.82, 2.24) is 5.32 Å². The van der Waals surface area contributed by atoms with Crippen molar-refractivity contribution in [3.05, 3.63) is 94.4 Å². The number of amides is 2. The molecule has 5 nitrogen and oxygen atoms in total. The quantitative estimate of drug-likeness (QED) is 0.458. The van der Waals surface area contributed by atoms with Crippen molar-refractivity contribution in [2.45, 2.75) is 30.7 Å². The van der Waals surface area contributed by atoms with Crippen molar-refractivity contribution in [1.29, 1.82) is 0 Å². The molecule has 0 saturated heterocycles. The number of hydrogen-bond donors (Lipinski definition) is 1. The predicted molar refractivity (Wildman–Crippen MR) is 138 cm³/mol. The number of carbonyl (C=O) groups is 2. The summed E-state index contributed by atoms with van der Waals surface area (Å²) >= 11 is 1.41. The summed E-state index contributed by atoms with van der Waals surface area (Å²) in [5.41, 5.74) is 3.38. The number of carbonyl (C=O) groups excluding carboxylic acids is 2. The van der Waals surface area contributed by atoms with Crippen LogP contribution in [-0.2, 0) is 11.2 Å². The third-order valence-corrected chi connectivity index (χ3v) is 6.91. The molecule has 6 heteroatoms. The zero-order valence-corrected chi connectivity index (χ0v) is 20.4. The van der Waals surface area contributed by atoms with Crippen molar-refractivity contribution in [2.75, 3.05) is 19.1 Å². The number of ether oxygens (including phenoxy) is 1. The maximum absolute atomic E-state index is 13.1. The van der Waals surface area contributed by atoms with Crippen LogP contribution in [0.4, 0.5) is 5.69 Å². The van der Waals surface area contributed by atoms with Crippen molar-refractivity contribution in [3.8, 4) is 5.75 Å². The largest absolute Gasteiger partial charge is 0.496 e. The lowest BCUT2D eigenvalue weighted by Crippen LogP contribution is -2.34. The Bertz CT molecular complexity index is 1220. The first-order chi connectivity index (χ1) is 16.5. The average molecular weight is 473 g/mol. The number of aryl methyl sites for hydroxylation is 1. The normalized spacial score (nSPS) is 15.1. The molecule has 3 aromatic rings. The number of likely N-dealkylation sites (N-methyl/N-ethyl adjacent to an activating group) is 1. The minimum Gasteiger partial charge on any atom is -0.496 e. The molecule has 0 aromatic heterocycles. The first kappa shape index (κ1) is 23.6. The summed E-state index contributed by atoms with van der Waals surface area (Å²) in [6.07, 6.45) is 3.61. The summed E-state index contributed by atoms with van der Waals surface area (Å²) < 4.78 is 5.41. The van der Waals surface area contributed by atoms with E-state index >= 15 is 0 Å². The number of anilines is 1. The SMILES string of the molecule is COc1ccccc1/C=C1/Sc2ccc(C(=O)NC(C)CCc3ccccc3)cc2N(C)C1=O. The van der Waals surface area contributed by atoms with Gasteiger partial charge < -0.3 is 15.0 Å². The number of nitrogens with one attached hydrogen (secondary N) is 1. The van der Waals surface area contributed by atoms with Gasteiger partial charge in [0.1, 0.15) is 5.75 Å². The molecular weight excluding hydrogens is 444 g/mol. The number of methoxy groups -OCH3 is 1. The van der Waals surface area contributed by atoms with Gasteiger partial charge in [-0.1, -0.05) is 60.3 Å². The molecule has 0 saturated carbocycles. The van der Waals surface area contributed by atoms with Crippen molar-refractivity contribution in [3.63, 3.8) is 0 Å². The molecule has 0 bridgehead atoms. The zero-order valence-electron chi connectivity index (χ0n) is 19.6. The lowest BCUT2D eigenvalue weighted by atomic mass is 10.1. The van der Waals surface area contributed by atoms with Crippen LogP contribution in [0.25, 0.3) is 6.08 Å². The van der Waals surface area contributed by atoms with Crippen LogP contribution in [0.1, 0.15) is 34.8 Å². The average Bonchev–Trinajstić information content (AvgIpc) is 2.86. The molecule has 1 unspecified atom stereocenters. The molecule has 0 radical (unpaired) electrons. The summed E-state index contributed by atoms with van der Waals surface area (Å²) in [5, 5.41) is 3.08. The van der Waals surface area contributed by atoms with Crippen LogP contribution in [0.2, 0.25) is 0 Å². The lowest BCUT2D eigenvalue weighted by Gasteiger charge is -2.27. The van der Waals surface area contributed by atoms with E-state index < -0.39 is 0 Å². The van der Waals surface area contributed by atoms with Crippen LogP contribution >= 0.6 is 11.8 Å². The number of rotatable bonds is 7. The molecule has 1 atom stereocenters. The molecule has 34 heavy (non-hydrogen) atoms. The Morgan fingerprint density at radius 2 is 1.82 bits per heavy atom. The Balaban J connectivity index is 1.47. The van der Waals surface area contributed by atoms with E-state index in [4.69, 9.17) is 4.74 Å². The van der Waals surface area contributed by atoms with E-state index in [9.17, 15) is 9.59 Å². The summed E-state index contributed by atoms with van der Waals surface area (Å²) in [4.78, 5) is 29.1. The fourth-order valence-corrected chi connectivity index (χ4v) is 4.95. The fraction of sp³-hybridized carbons (Fsp3) is 0.214. The van der Waals surface area contributed by atoms with Gasteiger partial charge in [0.25, 0.3) is 11.8 Å². The van der Waals surface area contributed by atoms with Crippen molar-refractivity contribution < 1.29 is 14.3 Å². The van der Waals surface area contributed by atoms with E-state index in [2.05, 4.69) is 17.4 Å². The summed E-state index contributed by atoms with van der Waals surface area (Å²) in [7, 11) is 3.35. The van der Waals surface area contributed by atoms with E-state index in [1.807, 2.05) is 67.6 Å². The first-order valence-corrected chi connectivity index (χ1v) is 12.1. The van der Waals surface area contributed by atoms with Gasteiger partial charge >= 0.3 is 0 Å². The molecule has 1 N–H and O–H groups in total. The molecule has 3 aromatic carbocycles. The number of thioether (sulfide) groups is 1. The van der Waals surface area contributed by atoms with Gasteiger partial charge in [-0.05, 0) is 55.7 Å². The molecule has 0 aliphatic carbocycles. The molecule has 1 aliphatic rings. The van der Waals surface area contributed by atoms with E-state index in [1.54, 1.807) is 25.1 Å². The first-order valence-electron chi connectivity index (χ1n) is 11.3. The highest BCUT2D eigenvalue weighted by Crippen LogP contribution is 2.42. The number of benzene rings is 3. The van der Waals surface area contributed by atoms with Crippen LogP contribution in [0, 0.1) is 0 Å². The number of para-hydroxylation sites is 1. The highest BCUT2D eigenvalue weighted by atomic mass is 32.2. The Hall–Kier alpha value is -3.51. The number of hydrogen-bond acceptors (Lipinski definition) is 4. The van der Waals surface area contributed by atoms with E-state index in [0.717, 1.165) is 29.0 Å². The van der Waals surface area contributed by atoms with E-state index in [1.165, 1.54) is 17.3 Å². The van der Waals surface area contributed by atoms with Crippen LogP contribution in [0.3, 0.4) is 0 Å². The molecule has 1 aliphatic heterocycles. The second-order valence-electron chi connectivity index (χ2n) is 8.30. The van der Waals surface area contributed by atoms with Gasteiger partial charge in [-0.25, -0.2) is 0 Å². The van der Waals surface area contributed by atoms with Gasteiger partial charge in [0, 0.05) is 29.1 Å². The van der Waals surface area contributed by atoms with Gasteiger partial charge in [0.15, 0.2) is 0 Å². The van der Waals surface area contributed by atoms with E-state index in [-0.39, 0.29) is 17.9 Å². The Labute approximate surface area is 204 Å². The van der Waals surface area contributed by atoms with Gasteiger partial charge in [0.05, 0.1) is 17.7 Å². The molecule has 174 valence electrons. The Morgan fingerprint density at radius 1 is 1.09 bits per heavy atom. The van der Waals surface area contributed by atoms with Crippen molar-refractivity contribution in [2.24, 2.45) is 0 Å². The highest BCUT2D eigenvalue weighted by molar-refractivity contribution is 8.04. The maximum atomic E-state index is 13.1. The summed E-state index contributed by atoms with van der Waals surface area (Å²) in [6, 6.07) is 23.4. The topological polar surface area (TPSA) is 58.6 Å².